The topological polar surface area (TPSA) is 48.4 Å². The van der Waals surface area contributed by atoms with Gasteiger partial charge in [0.2, 0.25) is 5.88 Å². The number of rotatable bonds is 5. The number of ether oxygens (including phenoxy) is 2. The van der Waals surface area contributed by atoms with Gasteiger partial charge in [0.25, 0.3) is 0 Å². The van der Waals surface area contributed by atoms with Gasteiger partial charge in [0, 0.05) is 10.9 Å². The van der Waals surface area contributed by atoms with Crippen molar-refractivity contribution in [2.75, 3.05) is 13.2 Å². The largest absolute Gasteiger partial charge is 0.467 e. The van der Waals surface area contributed by atoms with E-state index in [1.165, 1.54) is 0 Å². The van der Waals surface area contributed by atoms with Gasteiger partial charge in [-0.05, 0) is 24.6 Å². The fourth-order valence-corrected chi connectivity index (χ4v) is 3.06. The summed E-state index contributed by atoms with van der Waals surface area (Å²) in [5.41, 5.74) is 0.990. The molecule has 4 nitrogen and oxygen atoms in total. The van der Waals surface area contributed by atoms with Gasteiger partial charge in [-0.3, -0.25) is 0 Å². The van der Waals surface area contributed by atoms with E-state index in [1.54, 1.807) is 55.5 Å². The second kappa shape index (κ2) is 8.06. The van der Waals surface area contributed by atoms with E-state index in [2.05, 4.69) is 4.98 Å². The summed E-state index contributed by atoms with van der Waals surface area (Å²) in [6.45, 7) is 0.0385. The number of alkyl halides is 3. The Bertz CT molecular complexity index is 1010. The van der Waals surface area contributed by atoms with E-state index in [4.69, 9.17) is 21.1 Å². The number of benzene rings is 2. The second-order valence-corrected chi connectivity index (χ2v) is 6.20. The maximum atomic E-state index is 12.7. The zero-order valence-corrected chi connectivity index (χ0v) is 15.5. The van der Waals surface area contributed by atoms with Gasteiger partial charge in [-0.15, -0.1) is 0 Å². The zero-order valence-electron chi connectivity index (χ0n) is 14.7. The van der Waals surface area contributed by atoms with Gasteiger partial charge in [0.15, 0.2) is 6.61 Å². The lowest BCUT2D eigenvalue weighted by Crippen LogP contribution is -2.21. The normalized spacial score (nSPS) is 11.5. The molecule has 0 aliphatic rings. The van der Waals surface area contributed by atoms with Crippen LogP contribution in [0.2, 0.25) is 5.02 Å². The van der Waals surface area contributed by atoms with Crippen molar-refractivity contribution in [3.05, 3.63) is 59.1 Å². The van der Waals surface area contributed by atoms with Crippen LogP contribution in [0.25, 0.3) is 22.0 Å². The lowest BCUT2D eigenvalue weighted by molar-refractivity contribution is -0.154. The minimum absolute atomic E-state index is 0.0341. The van der Waals surface area contributed by atoms with E-state index in [0.29, 0.717) is 27.1 Å². The van der Waals surface area contributed by atoms with Gasteiger partial charge < -0.3 is 9.47 Å². The summed E-state index contributed by atoms with van der Waals surface area (Å²) in [6, 6.07) is 13.5. The van der Waals surface area contributed by atoms with Crippen LogP contribution in [-0.4, -0.2) is 30.3 Å². The first kappa shape index (κ1) is 19.9. The minimum atomic E-state index is -4.59. The van der Waals surface area contributed by atoms with E-state index >= 15 is 0 Å². The van der Waals surface area contributed by atoms with Crippen molar-refractivity contribution in [2.45, 2.75) is 13.1 Å². The number of hydrogen-bond donors (Lipinski definition) is 0. The molecular weight excluding hydrogens is 395 g/mol. The van der Waals surface area contributed by atoms with E-state index in [-0.39, 0.29) is 12.2 Å². The molecule has 0 amide bonds. The molecule has 8 heteroatoms. The number of nitrogens with zero attached hydrogens (tertiary/aromatic N) is 1. The Balaban J connectivity index is 2.36. The number of fused-ring (bicyclic) bond motifs is 1. The molecule has 146 valence electrons. The van der Waals surface area contributed by atoms with E-state index < -0.39 is 24.6 Å². The van der Waals surface area contributed by atoms with Gasteiger partial charge in [-0.1, -0.05) is 48.0 Å². The predicted octanol–water partition coefficient (Wildman–Crippen LogP) is 5.67. The quantitative estimate of drug-likeness (QED) is 0.509. The van der Waals surface area contributed by atoms with Gasteiger partial charge in [0.05, 0.1) is 17.1 Å². The van der Waals surface area contributed by atoms with Crippen molar-refractivity contribution < 1.29 is 27.4 Å². The van der Waals surface area contributed by atoms with Crippen LogP contribution in [0.5, 0.6) is 5.88 Å². The van der Waals surface area contributed by atoms with Crippen LogP contribution in [0.4, 0.5) is 13.2 Å². The second-order valence-electron chi connectivity index (χ2n) is 5.79. The summed E-state index contributed by atoms with van der Waals surface area (Å²) in [4.78, 5) is 16.8. The SMILES string of the molecule is CCOC(=O)c1c(OCC(F)(F)F)nc2cccc(Cl)c2c1-c1ccccc1. The molecule has 0 atom stereocenters. The van der Waals surface area contributed by atoms with Gasteiger partial charge >= 0.3 is 12.1 Å². The molecule has 3 aromatic rings. The van der Waals surface area contributed by atoms with Gasteiger partial charge in [-0.2, -0.15) is 13.2 Å². The van der Waals surface area contributed by atoms with Crippen LogP contribution in [0.1, 0.15) is 17.3 Å². The van der Waals surface area contributed by atoms with E-state index in [1.807, 2.05) is 0 Å². The highest BCUT2D eigenvalue weighted by molar-refractivity contribution is 6.37. The van der Waals surface area contributed by atoms with Crippen LogP contribution in [0, 0.1) is 0 Å². The van der Waals surface area contributed by atoms with Crippen LogP contribution in [0.15, 0.2) is 48.5 Å². The average molecular weight is 410 g/mol. The van der Waals surface area contributed by atoms with Crippen molar-refractivity contribution in [1.29, 1.82) is 0 Å². The Morgan fingerprint density at radius 3 is 2.46 bits per heavy atom. The first-order valence-corrected chi connectivity index (χ1v) is 8.74. The summed E-state index contributed by atoms with van der Waals surface area (Å²) in [5.74, 6) is -1.29. The molecule has 1 heterocycles. The summed E-state index contributed by atoms with van der Waals surface area (Å²) in [5, 5.41) is 0.731. The fraction of sp³-hybridized carbons (Fsp3) is 0.200. The molecule has 28 heavy (non-hydrogen) atoms. The van der Waals surface area contributed by atoms with Crippen molar-refractivity contribution in [3.63, 3.8) is 0 Å². The number of pyridine rings is 1. The van der Waals surface area contributed by atoms with Crippen molar-refractivity contribution in [2.24, 2.45) is 0 Å². The molecule has 2 aromatic carbocycles. The maximum Gasteiger partial charge on any atom is 0.422 e. The molecule has 0 N–H and O–H groups in total. The molecule has 0 spiro atoms. The number of esters is 1. The van der Waals surface area contributed by atoms with Crippen LogP contribution in [0.3, 0.4) is 0 Å². The molecule has 1 aromatic heterocycles. The number of halogens is 4. The third kappa shape index (κ3) is 4.20. The highest BCUT2D eigenvalue weighted by Gasteiger charge is 2.32. The molecule has 0 aliphatic heterocycles. The summed E-state index contributed by atoms with van der Waals surface area (Å²) in [6.07, 6.45) is -4.59. The van der Waals surface area contributed by atoms with Crippen molar-refractivity contribution in [1.82, 2.24) is 4.98 Å². The highest BCUT2D eigenvalue weighted by atomic mass is 35.5. The van der Waals surface area contributed by atoms with Crippen LogP contribution in [-0.2, 0) is 4.74 Å². The molecule has 0 unspecified atom stereocenters. The zero-order chi connectivity index (χ0) is 20.3. The number of carbonyl (C=O) groups excluding carboxylic acids is 1. The Morgan fingerprint density at radius 1 is 1.11 bits per heavy atom. The van der Waals surface area contributed by atoms with Crippen LogP contribution >= 0.6 is 11.6 Å². The molecule has 0 saturated heterocycles. The first-order chi connectivity index (χ1) is 13.3. The molecule has 3 rings (SSSR count). The predicted molar refractivity (Wildman–Crippen MR) is 99.7 cm³/mol. The molecular formula is C20H15ClF3NO3. The number of hydrogen-bond acceptors (Lipinski definition) is 4. The standard InChI is InChI=1S/C20H15ClF3NO3/c1-2-27-19(26)17-15(12-7-4-3-5-8-12)16-13(21)9-6-10-14(16)25-18(17)28-11-20(22,23)24/h3-10H,2,11H2,1H3. The Morgan fingerprint density at radius 2 is 1.82 bits per heavy atom. The summed E-state index contributed by atoms with van der Waals surface area (Å²) >= 11 is 6.35. The highest BCUT2D eigenvalue weighted by Crippen LogP contribution is 2.40. The third-order valence-electron chi connectivity index (χ3n) is 3.84. The van der Waals surface area contributed by atoms with E-state index in [0.717, 1.165) is 0 Å². The van der Waals surface area contributed by atoms with Crippen LogP contribution < -0.4 is 4.74 Å². The number of aromatic nitrogens is 1. The Hall–Kier alpha value is -2.80. The molecule has 0 saturated carbocycles. The monoisotopic (exact) mass is 409 g/mol. The summed E-state index contributed by atoms with van der Waals surface area (Å²) in [7, 11) is 0. The lowest BCUT2D eigenvalue weighted by Gasteiger charge is -2.18. The third-order valence-corrected chi connectivity index (χ3v) is 4.16. The molecule has 0 aliphatic carbocycles. The fourth-order valence-electron chi connectivity index (χ4n) is 2.79. The smallest absolute Gasteiger partial charge is 0.422 e. The molecule has 0 fully saturated rings. The van der Waals surface area contributed by atoms with Crippen molar-refractivity contribution >= 4 is 28.5 Å². The first-order valence-electron chi connectivity index (χ1n) is 8.36. The van der Waals surface area contributed by atoms with E-state index in [9.17, 15) is 18.0 Å². The number of carbonyl (C=O) groups is 1. The molecule has 0 bridgehead atoms. The molecule has 0 radical (unpaired) electrons. The Labute approximate surface area is 163 Å². The Kier molecular flexibility index (Phi) is 5.74. The lowest BCUT2D eigenvalue weighted by atomic mass is 9.96. The summed E-state index contributed by atoms with van der Waals surface area (Å²) < 4.78 is 48.2. The average Bonchev–Trinajstić information content (AvgIpc) is 2.65. The maximum absolute atomic E-state index is 12.7. The van der Waals surface area contributed by atoms with Gasteiger partial charge in [0.1, 0.15) is 5.56 Å². The van der Waals surface area contributed by atoms with Gasteiger partial charge in [-0.25, -0.2) is 9.78 Å². The minimum Gasteiger partial charge on any atom is -0.467 e. The van der Waals surface area contributed by atoms with Crippen molar-refractivity contribution in [3.8, 4) is 17.0 Å².